The summed E-state index contributed by atoms with van der Waals surface area (Å²) in [5, 5.41) is 0.347. The maximum atomic E-state index is 6.18. The smallest absolute Gasteiger partial charge is 0.0339 e. The number of hydrogen-bond donors (Lipinski definition) is 0. The largest absolute Gasteiger partial charge is 0.123 e. The van der Waals surface area contributed by atoms with Crippen molar-refractivity contribution in [2.45, 2.75) is 44.9 Å². The second-order valence-corrected chi connectivity index (χ2v) is 4.47. The third kappa shape index (κ3) is 3.71. The van der Waals surface area contributed by atoms with E-state index in [2.05, 4.69) is 38.1 Å². The molecule has 0 spiro atoms. The van der Waals surface area contributed by atoms with Gasteiger partial charge in [0, 0.05) is 5.38 Å². The van der Waals surface area contributed by atoms with E-state index in [1.807, 2.05) is 0 Å². The fourth-order valence-electron chi connectivity index (χ4n) is 1.66. The molecule has 1 heteroatoms. The molecule has 0 heterocycles. The summed E-state index contributed by atoms with van der Waals surface area (Å²) in [6.07, 6.45) is 4.52. The Kier molecular flexibility index (Phi) is 5.03. The molecule has 0 bridgehead atoms. The highest BCUT2D eigenvalue weighted by atomic mass is 35.5. The molecule has 0 fully saturated rings. The predicted octanol–water partition coefficient (Wildman–Crippen LogP) is 4.34. The van der Waals surface area contributed by atoms with Crippen LogP contribution >= 0.6 is 11.6 Å². The Morgan fingerprint density at radius 2 is 1.93 bits per heavy atom. The molecule has 0 N–H and O–H groups in total. The van der Waals surface area contributed by atoms with E-state index < -0.39 is 0 Å². The Morgan fingerprint density at radius 3 is 2.57 bits per heavy atom. The van der Waals surface area contributed by atoms with Gasteiger partial charge < -0.3 is 0 Å². The van der Waals surface area contributed by atoms with Gasteiger partial charge in [0.2, 0.25) is 0 Å². The van der Waals surface area contributed by atoms with E-state index in [1.165, 1.54) is 17.5 Å². The van der Waals surface area contributed by atoms with Gasteiger partial charge in [0.05, 0.1) is 0 Å². The van der Waals surface area contributed by atoms with Crippen LogP contribution < -0.4 is 0 Å². The molecule has 1 unspecified atom stereocenters. The number of hydrogen-bond acceptors (Lipinski definition) is 0. The van der Waals surface area contributed by atoms with Crippen molar-refractivity contribution in [3.63, 3.8) is 0 Å². The first-order valence-corrected chi connectivity index (χ1v) is 5.86. The van der Waals surface area contributed by atoms with E-state index in [4.69, 9.17) is 11.6 Å². The molecule has 78 valence electrons. The van der Waals surface area contributed by atoms with E-state index in [0.29, 0.717) is 5.38 Å². The fourth-order valence-corrected chi connectivity index (χ4v) is 1.99. The number of alkyl halides is 1. The topological polar surface area (TPSA) is 0 Å². The number of rotatable bonds is 5. The Morgan fingerprint density at radius 1 is 1.21 bits per heavy atom. The summed E-state index contributed by atoms with van der Waals surface area (Å²) in [6.45, 7) is 4.35. The van der Waals surface area contributed by atoms with Crippen molar-refractivity contribution in [3.8, 4) is 0 Å². The van der Waals surface area contributed by atoms with Crippen molar-refractivity contribution in [1.82, 2.24) is 0 Å². The molecule has 0 radical (unpaired) electrons. The van der Waals surface area contributed by atoms with Crippen LogP contribution in [-0.2, 0) is 6.42 Å². The molecule has 0 aliphatic carbocycles. The normalized spacial score (nSPS) is 12.8. The van der Waals surface area contributed by atoms with E-state index >= 15 is 0 Å². The van der Waals surface area contributed by atoms with Crippen LogP contribution in [0.5, 0.6) is 0 Å². The molecule has 0 amide bonds. The summed E-state index contributed by atoms with van der Waals surface area (Å²) in [7, 11) is 0. The van der Waals surface area contributed by atoms with Crippen molar-refractivity contribution in [1.29, 1.82) is 0 Å². The summed E-state index contributed by atoms with van der Waals surface area (Å²) in [4.78, 5) is 0. The molecule has 0 nitrogen and oxygen atoms in total. The van der Waals surface area contributed by atoms with Crippen LogP contribution in [0.15, 0.2) is 24.3 Å². The third-order valence-electron chi connectivity index (χ3n) is 2.59. The molecule has 1 aromatic carbocycles. The molecule has 0 aromatic heterocycles. The van der Waals surface area contributed by atoms with E-state index in [0.717, 1.165) is 19.3 Å². The first kappa shape index (κ1) is 11.6. The van der Waals surface area contributed by atoms with E-state index in [9.17, 15) is 0 Å². The first-order valence-electron chi connectivity index (χ1n) is 5.42. The summed E-state index contributed by atoms with van der Waals surface area (Å²) in [5.74, 6) is 0. The average molecular weight is 211 g/mol. The van der Waals surface area contributed by atoms with Crippen LogP contribution in [0.3, 0.4) is 0 Å². The second kappa shape index (κ2) is 6.08. The van der Waals surface area contributed by atoms with Gasteiger partial charge in [-0.1, -0.05) is 37.6 Å². The van der Waals surface area contributed by atoms with Crippen LogP contribution in [0.4, 0.5) is 0 Å². The van der Waals surface area contributed by atoms with Gasteiger partial charge in [-0.3, -0.25) is 0 Å². The lowest BCUT2D eigenvalue weighted by atomic mass is 10.0. The lowest BCUT2D eigenvalue weighted by Gasteiger charge is -2.09. The van der Waals surface area contributed by atoms with Crippen LogP contribution in [0, 0.1) is 6.92 Å². The minimum absolute atomic E-state index is 0.347. The van der Waals surface area contributed by atoms with Gasteiger partial charge in [-0.2, -0.15) is 0 Å². The maximum absolute atomic E-state index is 6.18. The summed E-state index contributed by atoms with van der Waals surface area (Å²) < 4.78 is 0. The zero-order valence-corrected chi connectivity index (χ0v) is 9.85. The van der Waals surface area contributed by atoms with Gasteiger partial charge in [0.1, 0.15) is 0 Å². The minimum Gasteiger partial charge on any atom is -0.123 e. The molecule has 0 aliphatic heterocycles. The lowest BCUT2D eigenvalue weighted by molar-refractivity contribution is 0.674. The molecule has 0 saturated heterocycles. The highest BCUT2D eigenvalue weighted by Crippen LogP contribution is 2.15. The Balaban J connectivity index is 2.41. The second-order valence-electron chi connectivity index (χ2n) is 3.85. The molecule has 1 aromatic rings. The maximum Gasteiger partial charge on any atom is 0.0339 e. The molecule has 14 heavy (non-hydrogen) atoms. The molecular formula is C13H19Cl. The predicted molar refractivity (Wildman–Crippen MR) is 64.0 cm³/mol. The van der Waals surface area contributed by atoms with Crippen molar-refractivity contribution < 1.29 is 0 Å². The number of aryl methyl sites for hydroxylation is 2. The molecule has 1 rings (SSSR count). The van der Waals surface area contributed by atoms with Gasteiger partial charge in [-0.25, -0.2) is 0 Å². The van der Waals surface area contributed by atoms with E-state index in [-0.39, 0.29) is 0 Å². The van der Waals surface area contributed by atoms with Crippen molar-refractivity contribution in [2.75, 3.05) is 0 Å². The third-order valence-corrected chi connectivity index (χ3v) is 3.03. The Hall–Kier alpha value is -0.490. The monoisotopic (exact) mass is 210 g/mol. The van der Waals surface area contributed by atoms with Gasteiger partial charge in [-0.15, -0.1) is 11.6 Å². The van der Waals surface area contributed by atoms with E-state index in [1.54, 1.807) is 0 Å². The summed E-state index contributed by atoms with van der Waals surface area (Å²) in [5.41, 5.74) is 2.82. The summed E-state index contributed by atoms with van der Waals surface area (Å²) >= 11 is 6.18. The van der Waals surface area contributed by atoms with Crippen LogP contribution in [0.1, 0.15) is 37.3 Å². The van der Waals surface area contributed by atoms with Crippen molar-refractivity contribution in [2.24, 2.45) is 0 Å². The Bertz CT molecular complexity index is 268. The highest BCUT2D eigenvalue weighted by Gasteiger charge is 2.04. The SMILES string of the molecule is CCCC(Cl)CCc1ccccc1C. The minimum atomic E-state index is 0.347. The number of benzene rings is 1. The first-order chi connectivity index (χ1) is 6.74. The van der Waals surface area contributed by atoms with Gasteiger partial charge in [-0.05, 0) is 37.3 Å². The van der Waals surface area contributed by atoms with Gasteiger partial charge >= 0.3 is 0 Å². The van der Waals surface area contributed by atoms with Crippen molar-refractivity contribution in [3.05, 3.63) is 35.4 Å². The molecule has 0 saturated carbocycles. The highest BCUT2D eigenvalue weighted by molar-refractivity contribution is 6.20. The van der Waals surface area contributed by atoms with Gasteiger partial charge in [0.25, 0.3) is 0 Å². The zero-order valence-electron chi connectivity index (χ0n) is 9.09. The van der Waals surface area contributed by atoms with Gasteiger partial charge in [0.15, 0.2) is 0 Å². The fraction of sp³-hybridized carbons (Fsp3) is 0.538. The molecule has 1 atom stereocenters. The van der Waals surface area contributed by atoms with Crippen LogP contribution in [0.2, 0.25) is 0 Å². The van der Waals surface area contributed by atoms with Crippen molar-refractivity contribution >= 4 is 11.6 Å². The quantitative estimate of drug-likeness (QED) is 0.635. The standard InChI is InChI=1S/C13H19Cl/c1-3-6-13(14)10-9-12-8-5-4-7-11(12)2/h4-5,7-8,13H,3,6,9-10H2,1-2H3. The Labute approximate surface area is 92.3 Å². The zero-order chi connectivity index (χ0) is 10.4. The van der Waals surface area contributed by atoms with Crippen LogP contribution in [0.25, 0.3) is 0 Å². The molecular weight excluding hydrogens is 192 g/mol. The number of halogens is 1. The molecule has 0 aliphatic rings. The average Bonchev–Trinajstić information content (AvgIpc) is 2.17. The lowest BCUT2D eigenvalue weighted by Crippen LogP contribution is -2.01. The summed E-state index contributed by atoms with van der Waals surface area (Å²) in [6, 6.07) is 8.55. The van der Waals surface area contributed by atoms with Crippen LogP contribution in [-0.4, -0.2) is 5.38 Å².